The van der Waals surface area contributed by atoms with Gasteiger partial charge in [0.05, 0.1) is 5.02 Å². The van der Waals surface area contributed by atoms with Gasteiger partial charge in [0.25, 0.3) is 0 Å². The maximum Gasteiger partial charge on any atom is 0.0627 e. The summed E-state index contributed by atoms with van der Waals surface area (Å²) in [6, 6.07) is 6.48. The van der Waals surface area contributed by atoms with Crippen LogP contribution in [-0.2, 0) is 0 Å². The molecule has 0 spiro atoms. The van der Waals surface area contributed by atoms with E-state index < -0.39 is 0 Å². The van der Waals surface area contributed by atoms with E-state index in [0.29, 0.717) is 5.02 Å². The Balaban J connectivity index is 3.17. The molecule has 0 amide bonds. The largest absolute Gasteiger partial charge is 0.0824 e. The minimum atomic E-state index is 0.609. The maximum atomic E-state index is 5.66. The highest BCUT2D eigenvalue weighted by Gasteiger charge is 1.94. The average molecular weight is 269 g/mol. The molecule has 0 aliphatic carbocycles. The van der Waals surface area contributed by atoms with Crippen LogP contribution in [0.5, 0.6) is 0 Å². The van der Waals surface area contributed by atoms with Gasteiger partial charge in [-0.3, -0.25) is 0 Å². The Morgan fingerprint density at radius 3 is 2.56 bits per heavy atom. The molecule has 0 atom stereocenters. The van der Waals surface area contributed by atoms with Crippen molar-refractivity contribution in [3.8, 4) is 0 Å². The summed E-state index contributed by atoms with van der Waals surface area (Å²) in [6.45, 7) is 0. The van der Waals surface area contributed by atoms with Crippen LogP contribution < -0.4 is 0 Å². The summed E-state index contributed by atoms with van der Waals surface area (Å²) in [6.07, 6.45) is 0. The molecule has 0 saturated carbocycles. The van der Waals surface area contributed by atoms with Gasteiger partial charge in [0.15, 0.2) is 0 Å². The van der Waals surface area contributed by atoms with E-state index in [4.69, 9.17) is 11.6 Å². The lowest BCUT2D eigenvalue weighted by atomic mass is 10.4. The summed E-state index contributed by atoms with van der Waals surface area (Å²) in [5.41, 5.74) is 0. The number of benzene rings is 1. The highest BCUT2D eigenvalue weighted by atomic mass is 79.9. The van der Waals surface area contributed by atoms with Crippen LogP contribution in [0.2, 0.25) is 5.02 Å². The molecule has 9 heavy (non-hydrogen) atoms. The first-order chi connectivity index (χ1) is 4.20. The minimum Gasteiger partial charge on any atom is -0.0824 e. The SMILES string of the molecule is Clc1[c]cc(Br)cc1Br. The Morgan fingerprint density at radius 1 is 1.44 bits per heavy atom. The van der Waals surface area contributed by atoms with Crippen LogP contribution in [-0.4, -0.2) is 0 Å². The van der Waals surface area contributed by atoms with Crippen LogP contribution in [0.4, 0.5) is 0 Å². The number of hydrogen-bond donors (Lipinski definition) is 0. The first-order valence-electron chi connectivity index (χ1n) is 2.22. The van der Waals surface area contributed by atoms with Crippen molar-refractivity contribution in [1.82, 2.24) is 0 Å². The lowest BCUT2D eigenvalue weighted by Crippen LogP contribution is -1.68. The highest BCUT2D eigenvalue weighted by Crippen LogP contribution is 2.24. The second-order valence-electron chi connectivity index (χ2n) is 1.48. The zero-order chi connectivity index (χ0) is 6.85. The predicted molar refractivity (Wildman–Crippen MR) is 45.7 cm³/mol. The van der Waals surface area contributed by atoms with Gasteiger partial charge in [-0.25, -0.2) is 0 Å². The summed E-state index contributed by atoms with van der Waals surface area (Å²) in [4.78, 5) is 0. The van der Waals surface area contributed by atoms with Gasteiger partial charge >= 0.3 is 0 Å². The molecule has 0 aliphatic rings. The van der Waals surface area contributed by atoms with Crippen molar-refractivity contribution >= 4 is 43.5 Å². The number of hydrogen-bond acceptors (Lipinski definition) is 0. The van der Waals surface area contributed by atoms with Crippen LogP contribution in [0.1, 0.15) is 0 Å². The van der Waals surface area contributed by atoms with Gasteiger partial charge in [-0.05, 0) is 28.1 Å². The Morgan fingerprint density at radius 2 is 2.11 bits per heavy atom. The summed E-state index contributed by atoms with van der Waals surface area (Å²) in [7, 11) is 0. The molecule has 0 heterocycles. The third-order valence-corrected chi connectivity index (χ3v) is 2.44. The molecule has 1 radical (unpaired) electrons. The van der Waals surface area contributed by atoms with E-state index in [9.17, 15) is 0 Å². The molecule has 0 aromatic heterocycles. The molecule has 0 N–H and O–H groups in total. The van der Waals surface area contributed by atoms with E-state index in [1.807, 2.05) is 6.07 Å². The summed E-state index contributed by atoms with van der Waals surface area (Å²) < 4.78 is 1.83. The summed E-state index contributed by atoms with van der Waals surface area (Å²) >= 11 is 12.2. The molecule has 3 heteroatoms. The first-order valence-corrected chi connectivity index (χ1v) is 4.19. The highest BCUT2D eigenvalue weighted by molar-refractivity contribution is 9.11. The van der Waals surface area contributed by atoms with E-state index in [0.717, 1.165) is 8.95 Å². The molecular formula is C6H2Br2Cl. The molecule has 0 unspecified atom stereocenters. The van der Waals surface area contributed by atoms with Crippen molar-refractivity contribution in [2.45, 2.75) is 0 Å². The van der Waals surface area contributed by atoms with Crippen molar-refractivity contribution in [2.24, 2.45) is 0 Å². The van der Waals surface area contributed by atoms with E-state index >= 15 is 0 Å². The van der Waals surface area contributed by atoms with E-state index in [1.165, 1.54) is 0 Å². The Hall–Kier alpha value is 0.470. The second kappa shape index (κ2) is 3.04. The van der Waals surface area contributed by atoms with Gasteiger partial charge < -0.3 is 0 Å². The van der Waals surface area contributed by atoms with Gasteiger partial charge in [0, 0.05) is 15.0 Å². The molecule has 0 fully saturated rings. The lowest BCUT2D eigenvalue weighted by molar-refractivity contribution is 1.59. The van der Waals surface area contributed by atoms with Gasteiger partial charge in [0.1, 0.15) is 0 Å². The minimum absolute atomic E-state index is 0.609. The third-order valence-electron chi connectivity index (χ3n) is 0.811. The molecule has 0 saturated heterocycles. The average Bonchev–Trinajstić information content (AvgIpc) is 1.80. The fourth-order valence-electron chi connectivity index (χ4n) is 0.427. The number of halogens is 3. The maximum absolute atomic E-state index is 5.66. The van der Waals surface area contributed by atoms with E-state index in [2.05, 4.69) is 37.9 Å². The fourth-order valence-corrected chi connectivity index (χ4v) is 1.55. The Labute approximate surface area is 75.5 Å². The van der Waals surface area contributed by atoms with Crippen LogP contribution in [0.15, 0.2) is 21.1 Å². The van der Waals surface area contributed by atoms with Crippen molar-refractivity contribution in [3.63, 3.8) is 0 Å². The summed E-state index contributed by atoms with van der Waals surface area (Å²) in [5, 5.41) is 0.609. The zero-order valence-electron chi connectivity index (χ0n) is 4.29. The molecule has 0 bridgehead atoms. The van der Waals surface area contributed by atoms with E-state index in [-0.39, 0.29) is 0 Å². The van der Waals surface area contributed by atoms with Gasteiger partial charge in [-0.2, -0.15) is 0 Å². The summed E-state index contributed by atoms with van der Waals surface area (Å²) in [5.74, 6) is 0. The fraction of sp³-hybridized carbons (Fsp3) is 0. The number of rotatable bonds is 0. The van der Waals surface area contributed by atoms with Crippen molar-refractivity contribution in [1.29, 1.82) is 0 Å². The molecule has 0 aliphatic heterocycles. The monoisotopic (exact) mass is 267 g/mol. The second-order valence-corrected chi connectivity index (χ2v) is 3.63. The normalized spacial score (nSPS) is 9.67. The zero-order valence-corrected chi connectivity index (χ0v) is 8.22. The standard InChI is InChI=1S/C6H2Br2Cl/c7-4-1-2-6(9)5(8)3-4/h1,3H. The van der Waals surface area contributed by atoms with Gasteiger partial charge in [-0.15, -0.1) is 0 Å². The first kappa shape index (κ1) is 7.58. The smallest absolute Gasteiger partial charge is 0.0627 e. The van der Waals surface area contributed by atoms with Crippen LogP contribution in [0.3, 0.4) is 0 Å². The molecule has 47 valence electrons. The van der Waals surface area contributed by atoms with Crippen LogP contribution >= 0.6 is 43.5 Å². The van der Waals surface area contributed by atoms with Crippen molar-refractivity contribution in [3.05, 3.63) is 32.2 Å². The van der Waals surface area contributed by atoms with Crippen molar-refractivity contribution in [2.75, 3.05) is 0 Å². The van der Waals surface area contributed by atoms with Crippen LogP contribution in [0, 0.1) is 6.07 Å². The lowest BCUT2D eigenvalue weighted by Gasteiger charge is -1.92. The topological polar surface area (TPSA) is 0 Å². The Bertz CT molecular complexity index is 222. The predicted octanol–water partition coefficient (Wildman–Crippen LogP) is 3.67. The van der Waals surface area contributed by atoms with Crippen molar-refractivity contribution < 1.29 is 0 Å². The molecule has 1 aromatic carbocycles. The molecule has 1 rings (SSSR count). The third kappa shape index (κ3) is 1.95. The molecule has 1 aromatic rings. The van der Waals surface area contributed by atoms with Gasteiger partial charge in [0.2, 0.25) is 0 Å². The molecular weight excluding hydrogens is 267 g/mol. The van der Waals surface area contributed by atoms with E-state index in [1.54, 1.807) is 6.07 Å². The van der Waals surface area contributed by atoms with Crippen LogP contribution in [0.25, 0.3) is 0 Å². The van der Waals surface area contributed by atoms with Gasteiger partial charge in [-0.1, -0.05) is 27.5 Å². The molecule has 0 nitrogen and oxygen atoms in total. The quantitative estimate of drug-likeness (QED) is 0.630. The Kier molecular flexibility index (Phi) is 2.56.